The summed E-state index contributed by atoms with van der Waals surface area (Å²) in [5.74, 6) is 0.0316. The zero-order chi connectivity index (χ0) is 17.7. The van der Waals surface area contributed by atoms with Crippen LogP contribution in [0.3, 0.4) is 0 Å². The van der Waals surface area contributed by atoms with E-state index < -0.39 is 0 Å². The fraction of sp³-hybridized carbons (Fsp3) is 0.632. The molecule has 1 aliphatic carbocycles. The van der Waals surface area contributed by atoms with Gasteiger partial charge in [-0.25, -0.2) is 0 Å². The van der Waals surface area contributed by atoms with Gasteiger partial charge in [0, 0.05) is 19.5 Å². The van der Waals surface area contributed by atoms with Crippen molar-refractivity contribution in [2.24, 2.45) is 11.1 Å². The fourth-order valence-corrected chi connectivity index (χ4v) is 4.31. The second-order valence-corrected chi connectivity index (χ2v) is 7.63. The summed E-state index contributed by atoms with van der Waals surface area (Å²) in [6.45, 7) is 3.48. The summed E-state index contributed by atoms with van der Waals surface area (Å²) in [6.07, 6.45) is 6.16. The van der Waals surface area contributed by atoms with Crippen molar-refractivity contribution in [2.45, 2.75) is 38.5 Å². The van der Waals surface area contributed by atoms with E-state index in [-0.39, 0.29) is 11.3 Å². The van der Waals surface area contributed by atoms with E-state index in [4.69, 9.17) is 22.1 Å². The van der Waals surface area contributed by atoms with Gasteiger partial charge in [0.05, 0.1) is 29.6 Å². The van der Waals surface area contributed by atoms with Gasteiger partial charge in [-0.05, 0) is 36.9 Å². The Kier molecular flexibility index (Phi) is 6.20. The van der Waals surface area contributed by atoms with E-state index >= 15 is 0 Å². The van der Waals surface area contributed by atoms with Crippen molar-refractivity contribution < 1.29 is 9.53 Å². The lowest BCUT2D eigenvalue weighted by molar-refractivity contribution is -0.118. The Balaban J connectivity index is 1.73. The Morgan fingerprint density at radius 1 is 1.24 bits per heavy atom. The molecule has 0 unspecified atom stereocenters. The molecule has 1 aliphatic heterocycles. The van der Waals surface area contributed by atoms with Crippen LogP contribution in [0.1, 0.15) is 38.5 Å². The predicted molar refractivity (Wildman–Crippen MR) is 102 cm³/mol. The standard InChI is InChI=1S/C19H28ClN3O2/c20-15-5-4-6-16(18(15)23-9-11-25-12-10-23)22-17(24)13-19(14-21)7-2-1-3-8-19/h4-6H,1-3,7-14,21H2,(H,22,24). The lowest BCUT2D eigenvalue weighted by atomic mass is 9.71. The van der Waals surface area contributed by atoms with E-state index in [0.717, 1.165) is 37.3 Å². The fourth-order valence-electron chi connectivity index (χ4n) is 4.01. The third kappa shape index (κ3) is 4.46. The molecule has 25 heavy (non-hydrogen) atoms. The van der Waals surface area contributed by atoms with Crippen molar-refractivity contribution in [1.82, 2.24) is 0 Å². The minimum absolute atomic E-state index is 0.0316. The summed E-state index contributed by atoms with van der Waals surface area (Å²) >= 11 is 6.44. The van der Waals surface area contributed by atoms with E-state index in [1.54, 1.807) is 0 Å². The SMILES string of the molecule is NCC1(CC(=O)Nc2cccc(Cl)c2N2CCOCC2)CCCCC1. The second-order valence-electron chi connectivity index (χ2n) is 7.23. The van der Waals surface area contributed by atoms with E-state index in [1.807, 2.05) is 18.2 Å². The molecule has 0 spiro atoms. The van der Waals surface area contributed by atoms with Gasteiger partial charge in [-0.1, -0.05) is 36.9 Å². The molecular formula is C19H28ClN3O2. The quantitative estimate of drug-likeness (QED) is 0.839. The highest BCUT2D eigenvalue weighted by atomic mass is 35.5. The molecule has 1 aromatic carbocycles. The van der Waals surface area contributed by atoms with E-state index in [0.29, 0.717) is 31.2 Å². The molecule has 2 fully saturated rings. The second kappa shape index (κ2) is 8.39. The molecule has 5 nitrogen and oxygen atoms in total. The molecule has 138 valence electrons. The number of nitrogens with two attached hydrogens (primary N) is 1. The first-order chi connectivity index (χ1) is 12.1. The minimum Gasteiger partial charge on any atom is -0.378 e. The third-order valence-electron chi connectivity index (χ3n) is 5.47. The number of ether oxygens (including phenoxy) is 1. The van der Waals surface area contributed by atoms with Gasteiger partial charge in [0.15, 0.2) is 0 Å². The molecule has 0 radical (unpaired) electrons. The summed E-state index contributed by atoms with van der Waals surface area (Å²) in [4.78, 5) is 14.9. The monoisotopic (exact) mass is 365 g/mol. The molecule has 1 heterocycles. The first-order valence-electron chi connectivity index (χ1n) is 9.25. The predicted octanol–water partition coefficient (Wildman–Crippen LogP) is 3.41. The smallest absolute Gasteiger partial charge is 0.225 e. The summed E-state index contributed by atoms with van der Waals surface area (Å²) in [6, 6.07) is 5.66. The Morgan fingerprint density at radius 3 is 2.64 bits per heavy atom. The van der Waals surface area contributed by atoms with Crippen LogP contribution in [0.5, 0.6) is 0 Å². The molecule has 2 aliphatic rings. The number of benzene rings is 1. The topological polar surface area (TPSA) is 67.6 Å². The number of hydrogen-bond acceptors (Lipinski definition) is 4. The molecule has 0 aromatic heterocycles. The largest absolute Gasteiger partial charge is 0.378 e. The number of carbonyl (C=O) groups excluding carboxylic acids is 1. The number of nitrogens with one attached hydrogen (secondary N) is 1. The number of anilines is 2. The molecule has 1 aromatic rings. The molecule has 3 N–H and O–H groups in total. The van der Waals surface area contributed by atoms with Crippen LogP contribution >= 0.6 is 11.6 Å². The van der Waals surface area contributed by atoms with Gasteiger partial charge in [0.25, 0.3) is 0 Å². The van der Waals surface area contributed by atoms with Crippen molar-refractivity contribution in [2.75, 3.05) is 43.1 Å². The molecule has 0 bridgehead atoms. The van der Waals surface area contributed by atoms with Gasteiger partial charge in [0.2, 0.25) is 5.91 Å². The maximum absolute atomic E-state index is 12.7. The van der Waals surface area contributed by atoms with Crippen LogP contribution in [-0.4, -0.2) is 38.8 Å². The van der Waals surface area contributed by atoms with E-state index in [2.05, 4.69) is 10.2 Å². The molecule has 6 heteroatoms. The number of carbonyl (C=O) groups is 1. The first kappa shape index (κ1) is 18.5. The number of morpholine rings is 1. The van der Waals surface area contributed by atoms with Gasteiger partial charge < -0.3 is 20.7 Å². The average Bonchev–Trinajstić information content (AvgIpc) is 2.63. The van der Waals surface area contributed by atoms with Crippen molar-refractivity contribution in [3.05, 3.63) is 23.2 Å². The zero-order valence-corrected chi connectivity index (χ0v) is 15.5. The van der Waals surface area contributed by atoms with E-state index in [1.165, 1.54) is 19.3 Å². The normalized spacial score (nSPS) is 20.3. The Hall–Kier alpha value is -1.30. The van der Waals surface area contributed by atoms with Gasteiger partial charge in [-0.2, -0.15) is 0 Å². The van der Waals surface area contributed by atoms with Gasteiger partial charge >= 0.3 is 0 Å². The number of hydrogen-bond donors (Lipinski definition) is 2. The van der Waals surface area contributed by atoms with Crippen molar-refractivity contribution in [3.63, 3.8) is 0 Å². The maximum Gasteiger partial charge on any atom is 0.225 e. The van der Waals surface area contributed by atoms with Gasteiger partial charge in [-0.15, -0.1) is 0 Å². The molecular weight excluding hydrogens is 338 g/mol. The van der Waals surface area contributed by atoms with Crippen LogP contribution in [0.15, 0.2) is 18.2 Å². The highest BCUT2D eigenvalue weighted by molar-refractivity contribution is 6.34. The molecule has 1 saturated heterocycles. The summed E-state index contributed by atoms with van der Waals surface area (Å²) in [5, 5.41) is 3.75. The molecule has 0 atom stereocenters. The summed E-state index contributed by atoms with van der Waals surface area (Å²) in [7, 11) is 0. The zero-order valence-electron chi connectivity index (χ0n) is 14.7. The Morgan fingerprint density at radius 2 is 1.96 bits per heavy atom. The average molecular weight is 366 g/mol. The highest BCUT2D eigenvalue weighted by Gasteiger charge is 2.33. The molecule has 1 amide bonds. The van der Waals surface area contributed by atoms with Crippen LogP contribution in [0.4, 0.5) is 11.4 Å². The summed E-state index contributed by atoms with van der Waals surface area (Å²) < 4.78 is 5.42. The van der Waals surface area contributed by atoms with Crippen molar-refractivity contribution >= 4 is 28.9 Å². The van der Waals surface area contributed by atoms with Gasteiger partial charge in [-0.3, -0.25) is 4.79 Å². The van der Waals surface area contributed by atoms with E-state index in [9.17, 15) is 4.79 Å². The first-order valence-corrected chi connectivity index (χ1v) is 9.62. The highest BCUT2D eigenvalue weighted by Crippen LogP contribution is 2.39. The number of nitrogens with zero attached hydrogens (tertiary/aromatic N) is 1. The van der Waals surface area contributed by atoms with Crippen LogP contribution in [-0.2, 0) is 9.53 Å². The number of rotatable bonds is 5. The van der Waals surface area contributed by atoms with Crippen LogP contribution in [0, 0.1) is 5.41 Å². The Bertz CT molecular complexity index is 596. The number of amides is 1. The van der Waals surface area contributed by atoms with Gasteiger partial charge in [0.1, 0.15) is 0 Å². The number of para-hydroxylation sites is 1. The summed E-state index contributed by atoms with van der Waals surface area (Å²) in [5.41, 5.74) is 7.66. The molecule has 1 saturated carbocycles. The lowest BCUT2D eigenvalue weighted by Gasteiger charge is -2.36. The number of halogens is 1. The van der Waals surface area contributed by atoms with Crippen LogP contribution < -0.4 is 16.0 Å². The third-order valence-corrected chi connectivity index (χ3v) is 5.78. The minimum atomic E-state index is -0.0416. The Labute approximate surface area is 154 Å². The lowest BCUT2D eigenvalue weighted by Crippen LogP contribution is -2.38. The molecule has 3 rings (SSSR count). The van der Waals surface area contributed by atoms with Crippen molar-refractivity contribution in [3.8, 4) is 0 Å². The maximum atomic E-state index is 12.7. The van der Waals surface area contributed by atoms with Crippen molar-refractivity contribution in [1.29, 1.82) is 0 Å². The van der Waals surface area contributed by atoms with Crippen LogP contribution in [0.2, 0.25) is 5.02 Å². The van der Waals surface area contributed by atoms with Crippen LogP contribution in [0.25, 0.3) is 0 Å².